The molecule has 3 heteroatoms. The lowest BCUT2D eigenvalue weighted by molar-refractivity contribution is -0.120. The van der Waals surface area contributed by atoms with Crippen molar-refractivity contribution in [3.8, 4) is 0 Å². The summed E-state index contributed by atoms with van der Waals surface area (Å²) < 4.78 is 7.33. The lowest BCUT2D eigenvalue weighted by Gasteiger charge is -2.45. The fourth-order valence-electron chi connectivity index (χ4n) is 6.31. The molecule has 3 atom stereocenters. The first kappa shape index (κ1) is 23.2. The molecule has 0 spiro atoms. The number of carbonyl (C=O) groups is 1. The Bertz CT molecular complexity index is 932. The summed E-state index contributed by atoms with van der Waals surface area (Å²) in [5, 5.41) is 2.45. The van der Waals surface area contributed by atoms with Crippen molar-refractivity contribution in [3.63, 3.8) is 0 Å². The lowest BCUT2D eigenvalue weighted by Crippen LogP contribution is -2.67. The second-order valence-corrected chi connectivity index (χ2v) is 14.8. The largest absolute Gasteiger partial charge is 0.401 e. The number of ketones is 1. The maximum atomic E-state index is 13.6. The zero-order chi connectivity index (χ0) is 22.9. The molecule has 170 valence electrons. The molecule has 0 aromatic heterocycles. The highest BCUT2D eigenvalue weighted by atomic mass is 28.4. The van der Waals surface area contributed by atoms with Crippen LogP contribution in [0.5, 0.6) is 0 Å². The average molecular weight is 447 g/mol. The molecule has 0 bridgehead atoms. The first-order valence-electron chi connectivity index (χ1n) is 12.4. The van der Waals surface area contributed by atoms with Gasteiger partial charge in [0.2, 0.25) is 0 Å². The predicted molar refractivity (Wildman–Crippen MR) is 136 cm³/mol. The Morgan fingerprint density at radius 3 is 2.03 bits per heavy atom. The summed E-state index contributed by atoms with van der Waals surface area (Å²) in [4.78, 5) is 13.6. The molecule has 1 fully saturated rings. The van der Waals surface area contributed by atoms with Gasteiger partial charge in [-0.3, -0.25) is 4.79 Å². The van der Waals surface area contributed by atoms with Crippen LogP contribution in [0.3, 0.4) is 0 Å². The van der Waals surface area contributed by atoms with Gasteiger partial charge in [0.1, 0.15) is 0 Å². The molecule has 32 heavy (non-hydrogen) atoms. The smallest absolute Gasteiger partial charge is 0.261 e. The van der Waals surface area contributed by atoms with Crippen molar-refractivity contribution in [2.45, 2.75) is 77.9 Å². The van der Waals surface area contributed by atoms with Crippen molar-refractivity contribution in [3.05, 3.63) is 71.8 Å². The van der Waals surface area contributed by atoms with Crippen LogP contribution in [0.15, 0.2) is 71.8 Å². The van der Waals surface area contributed by atoms with Crippen LogP contribution in [0, 0.1) is 11.8 Å². The second kappa shape index (κ2) is 9.11. The maximum Gasteiger partial charge on any atom is 0.261 e. The summed E-state index contributed by atoms with van der Waals surface area (Å²) in [6.45, 7) is 11.2. The van der Waals surface area contributed by atoms with Crippen LogP contribution in [0.25, 0.3) is 0 Å². The van der Waals surface area contributed by atoms with E-state index in [1.54, 1.807) is 0 Å². The Hall–Kier alpha value is -1.97. The van der Waals surface area contributed by atoms with Gasteiger partial charge in [0.25, 0.3) is 8.32 Å². The molecule has 0 saturated heterocycles. The summed E-state index contributed by atoms with van der Waals surface area (Å²) in [5.74, 6) is 0.965. The van der Waals surface area contributed by atoms with Crippen LogP contribution < -0.4 is 10.4 Å². The highest BCUT2D eigenvalue weighted by Gasteiger charge is 2.53. The van der Waals surface area contributed by atoms with E-state index in [0.29, 0.717) is 11.7 Å². The summed E-state index contributed by atoms with van der Waals surface area (Å²) in [5.41, 5.74) is 2.42. The zero-order valence-corrected chi connectivity index (χ0v) is 21.4. The van der Waals surface area contributed by atoms with E-state index in [2.05, 4.69) is 95.3 Å². The Morgan fingerprint density at radius 1 is 0.969 bits per heavy atom. The van der Waals surface area contributed by atoms with E-state index < -0.39 is 8.32 Å². The Morgan fingerprint density at radius 2 is 1.53 bits per heavy atom. The molecule has 0 aliphatic heterocycles. The standard InChI is InChI=1S/C29H38O2Si/c1-6-24-25-19-13-14-20-26(25)27(28(24)30)21(2)31-32(29(3,4)5,22-15-9-7-10-16-22)23-17-11-8-12-18-23/h7-12,15-18,21,24-25H,6,13-14,19-20H2,1-5H3/t21-,24-,25-/m0/s1. The number of carbonyl (C=O) groups excluding carboxylic acids is 1. The highest BCUT2D eigenvalue weighted by Crippen LogP contribution is 2.47. The second-order valence-electron chi connectivity index (χ2n) is 10.6. The number of Topliss-reactive ketones (excluding diaryl/α,β-unsaturated/α-hetero) is 1. The number of rotatable bonds is 6. The van der Waals surface area contributed by atoms with Gasteiger partial charge >= 0.3 is 0 Å². The van der Waals surface area contributed by atoms with Gasteiger partial charge in [0, 0.05) is 11.5 Å². The van der Waals surface area contributed by atoms with Gasteiger partial charge in [-0.1, -0.05) is 100 Å². The van der Waals surface area contributed by atoms with Crippen LogP contribution in [-0.4, -0.2) is 20.2 Å². The third kappa shape index (κ3) is 3.84. The molecular weight excluding hydrogens is 408 g/mol. The lowest BCUT2D eigenvalue weighted by atomic mass is 9.79. The first-order chi connectivity index (χ1) is 15.3. The summed E-state index contributed by atoms with van der Waals surface area (Å²) >= 11 is 0. The van der Waals surface area contributed by atoms with E-state index in [1.165, 1.54) is 28.8 Å². The molecule has 1 saturated carbocycles. The topological polar surface area (TPSA) is 26.3 Å². The molecule has 0 N–H and O–H groups in total. The Balaban J connectivity index is 1.84. The van der Waals surface area contributed by atoms with Gasteiger partial charge < -0.3 is 4.43 Å². The maximum absolute atomic E-state index is 13.6. The van der Waals surface area contributed by atoms with Gasteiger partial charge in [0.05, 0.1) is 6.10 Å². The van der Waals surface area contributed by atoms with Crippen molar-refractivity contribution in [1.82, 2.24) is 0 Å². The number of hydrogen-bond acceptors (Lipinski definition) is 2. The first-order valence-corrected chi connectivity index (χ1v) is 14.3. The molecule has 2 aliphatic carbocycles. The molecular formula is C29H38O2Si. The van der Waals surface area contributed by atoms with Gasteiger partial charge in [-0.25, -0.2) is 0 Å². The molecule has 0 radical (unpaired) electrons. The number of benzene rings is 2. The average Bonchev–Trinajstić information content (AvgIpc) is 3.08. The van der Waals surface area contributed by atoms with Crippen LogP contribution in [-0.2, 0) is 9.22 Å². The van der Waals surface area contributed by atoms with Gasteiger partial charge in [-0.15, -0.1) is 0 Å². The van der Waals surface area contributed by atoms with E-state index in [4.69, 9.17) is 4.43 Å². The molecule has 0 amide bonds. The van der Waals surface area contributed by atoms with Crippen molar-refractivity contribution in [2.75, 3.05) is 0 Å². The fraction of sp³-hybridized carbons (Fsp3) is 0.483. The molecule has 0 heterocycles. The minimum atomic E-state index is -2.68. The van der Waals surface area contributed by atoms with Crippen LogP contribution in [0.2, 0.25) is 5.04 Å². The quantitative estimate of drug-likeness (QED) is 0.505. The van der Waals surface area contributed by atoms with Crippen molar-refractivity contribution < 1.29 is 9.22 Å². The van der Waals surface area contributed by atoms with E-state index >= 15 is 0 Å². The van der Waals surface area contributed by atoms with E-state index in [1.807, 2.05) is 0 Å². The SMILES string of the molecule is CC[C@@H]1C(=O)C([C@H](C)O[Si](c2ccccc2)(c2ccccc2)C(C)(C)C)=C2CCCC[C@H]21. The molecule has 2 nitrogen and oxygen atoms in total. The third-order valence-corrected chi connectivity index (χ3v) is 12.8. The summed E-state index contributed by atoms with van der Waals surface area (Å²) in [7, 11) is -2.68. The molecule has 4 rings (SSSR count). The molecule has 2 aromatic carbocycles. The van der Waals surface area contributed by atoms with Gasteiger partial charge in [-0.2, -0.15) is 0 Å². The molecule has 2 aliphatic rings. The third-order valence-electron chi connectivity index (χ3n) is 7.71. The van der Waals surface area contributed by atoms with Gasteiger partial charge in [0.15, 0.2) is 5.78 Å². The normalized spacial score (nSPS) is 22.7. The molecule has 2 aromatic rings. The summed E-state index contributed by atoms with van der Waals surface area (Å²) in [6, 6.07) is 21.5. The monoisotopic (exact) mass is 446 g/mol. The van der Waals surface area contributed by atoms with E-state index in [9.17, 15) is 4.79 Å². The fourth-order valence-corrected chi connectivity index (χ4v) is 11.0. The van der Waals surface area contributed by atoms with Crippen molar-refractivity contribution in [2.24, 2.45) is 11.8 Å². The van der Waals surface area contributed by atoms with E-state index in [-0.39, 0.29) is 17.1 Å². The predicted octanol–water partition coefficient (Wildman–Crippen LogP) is 6.05. The Kier molecular flexibility index (Phi) is 6.60. The molecule has 0 unspecified atom stereocenters. The van der Waals surface area contributed by atoms with Crippen molar-refractivity contribution >= 4 is 24.5 Å². The van der Waals surface area contributed by atoms with Gasteiger partial charge in [-0.05, 0) is 53.9 Å². The van der Waals surface area contributed by atoms with Crippen LogP contribution in [0.4, 0.5) is 0 Å². The van der Waals surface area contributed by atoms with E-state index in [0.717, 1.165) is 24.8 Å². The minimum absolute atomic E-state index is 0.0903. The number of hydrogen-bond donors (Lipinski definition) is 0. The minimum Gasteiger partial charge on any atom is -0.401 e. The Labute approximate surface area is 195 Å². The number of allylic oxidation sites excluding steroid dienone is 1. The summed E-state index contributed by atoms with van der Waals surface area (Å²) in [6.07, 6.45) is 5.41. The van der Waals surface area contributed by atoms with Crippen LogP contribution >= 0.6 is 0 Å². The number of fused-ring (bicyclic) bond motifs is 1. The van der Waals surface area contributed by atoms with Crippen molar-refractivity contribution in [1.29, 1.82) is 0 Å². The highest BCUT2D eigenvalue weighted by molar-refractivity contribution is 6.99. The van der Waals surface area contributed by atoms with Crippen LogP contribution in [0.1, 0.15) is 66.7 Å². The zero-order valence-electron chi connectivity index (χ0n) is 20.4.